The Morgan fingerprint density at radius 1 is 1.04 bits per heavy atom. The van der Waals surface area contributed by atoms with Gasteiger partial charge in [-0.05, 0) is 60.7 Å². The summed E-state index contributed by atoms with van der Waals surface area (Å²) >= 11 is 12.0. The van der Waals surface area contributed by atoms with Crippen molar-refractivity contribution < 1.29 is 4.39 Å². The Morgan fingerprint density at radius 3 is 2.52 bits per heavy atom. The van der Waals surface area contributed by atoms with Crippen LogP contribution in [0.25, 0.3) is 0 Å². The molecule has 0 fully saturated rings. The lowest BCUT2D eigenvalue weighted by atomic mass is 10.1. The molecule has 1 heterocycles. The zero-order valence-electron chi connectivity index (χ0n) is 12.9. The molecule has 0 radical (unpaired) electrons. The number of nitrogens with zero attached hydrogens (tertiary/aromatic N) is 1. The van der Waals surface area contributed by atoms with E-state index in [0.29, 0.717) is 16.1 Å². The van der Waals surface area contributed by atoms with Gasteiger partial charge in [0.25, 0.3) is 0 Å². The molecule has 5 heteroatoms. The molecule has 0 aromatic heterocycles. The fourth-order valence-electron chi connectivity index (χ4n) is 2.95. The summed E-state index contributed by atoms with van der Waals surface area (Å²) in [4.78, 5) is 2.39. The first-order valence-electron chi connectivity index (χ1n) is 7.48. The van der Waals surface area contributed by atoms with Crippen molar-refractivity contribution in [1.82, 2.24) is 4.90 Å². The zero-order valence-corrected chi connectivity index (χ0v) is 15.2. The number of fused-ring (bicyclic) bond motifs is 1. The normalized spacial score (nSPS) is 15.1. The summed E-state index contributed by atoms with van der Waals surface area (Å²) in [7, 11) is 0. The highest BCUT2D eigenvalue weighted by atomic mass is 35.5. The maximum atomic E-state index is 13.3. The van der Waals surface area contributed by atoms with Gasteiger partial charge in [-0.15, -0.1) is 12.4 Å². The Labute approximate surface area is 152 Å². The lowest BCUT2D eigenvalue weighted by Gasteiger charge is -2.23. The summed E-state index contributed by atoms with van der Waals surface area (Å²) in [5, 5.41) is 1.20. The van der Waals surface area contributed by atoms with Crippen LogP contribution in [0.5, 0.6) is 0 Å². The number of benzene rings is 2. The van der Waals surface area contributed by atoms with Crippen LogP contribution in [0.15, 0.2) is 36.4 Å². The molecule has 0 saturated heterocycles. The van der Waals surface area contributed by atoms with E-state index in [9.17, 15) is 4.39 Å². The first-order valence-corrected chi connectivity index (χ1v) is 8.24. The molecule has 3 rings (SSSR count). The molecule has 1 nitrogen and oxygen atoms in total. The zero-order chi connectivity index (χ0) is 15.7. The summed E-state index contributed by atoms with van der Waals surface area (Å²) in [5.74, 6) is -0.149. The summed E-state index contributed by atoms with van der Waals surface area (Å²) in [6, 6.07) is 11.3. The van der Waals surface area contributed by atoms with Crippen molar-refractivity contribution in [2.45, 2.75) is 38.9 Å². The molecule has 23 heavy (non-hydrogen) atoms. The van der Waals surface area contributed by atoms with Crippen molar-refractivity contribution in [2.24, 2.45) is 0 Å². The number of aryl methyl sites for hydroxylation is 1. The molecule has 2 aromatic rings. The highest BCUT2D eigenvalue weighted by molar-refractivity contribution is 6.42. The van der Waals surface area contributed by atoms with Gasteiger partial charge >= 0.3 is 0 Å². The average molecular weight is 375 g/mol. The summed E-state index contributed by atoms with van der Waals surface area (Å²) in [5.41, 5.74) is 3.55. The van der Waals surface area contributed by atoms with E-state index in [4.69, 9.17) is 23.2 Å². The van der Waals surface area contributed by atoms with Gasteiger partial charge in [0.05, 0.1) is 10.0 Å². The van der Waals surface area contributed by atoms with Gasteiger partial charge in [0.15, 0.2) is 0 Å². The lowest BCUT2D eigenvalue weighted by molar-refractivity contribution is 0.203. The third kappa shape index (κ3) is 4.39. The number of hydrogen-bond donors (Lipinski definition) is 0. The molecule has 1 aliphatic rings. The van der Waals surface area contributed by atoms with E-state index in [1.807, 2.05) is 24.3 Å². The number of hydrogen-bond acceptors (Lipinski definition) is 1. The quantitative estimate of drug-likeness (QED) is 0.645. The van der Waals surface area contributed by atoms with E-state index in [1.54, 1.807) is 12.1 Å². The molecule has 0 bridgehead atoms. The van der Waals surface area contributed by atoms with Crippen LogP contribution in [0.2, 0.25) is 10.0 Å². The van der Waals surface area contributed by atoms with Crippen molar-refractivity contribution in [1.29, 1.82) is 0 Å². The Kier molecular flexibility index (Phi) is 6.33. The van der Waals surface area contributed by atoms with Gasteiger partial charge in [0.2, 0.25) is 0 Å². The minimum Gasteiger partial charge on any atom is -0.292 e. The molecule has 0 spiro atoms. The number of halogens is 4. The predicted octanol–water partition coefficient (Wildman–Crippen LogP) is 5.89. The van der Waals surface area contributed by atoms with Gasteiger partial charge in [-0.25, -0.2) is 4.39 Å². The second kappa shape index (κ2) is 7.85. The van der Waals surface area contributed by atoms with Crippen LogP contribution in [-0.4, -0.2) is 10.9 Å². The van der Waals surface area contributed by atoms with Gasteiger partial charge in [-0.3, -0.25) is 4.90 Å². The van der Waals surface area contributed by atoms with Crippen LogP contribution in [-0.2, 0) is 19.5 Å². The topological polar surface area (TPSA) is 3.24 Å². The van der Waals surface area contributed by atoms with Crippen molar-refractivity contribution >= 4 is 35.6 Å². The fraction of sp³-hybridized carbons (Fsp3) is 0.333. The average Bonchev–Trinajstić information content (AvgIpc) is 2.91. The highest BCUT2D eigenvalue weighted by Crippen LogP contribution is 2.27. The smallest absolute Gasteiger partial charge is 0.123 e. The number of rotatable bonds is 4. The summed E-state index contributed by atoms with van der Waals surface area (Å²) in [6.07, 6.45) is 1.99. The van der Waals surface area contributed by atoms with Crippen LogP contribution in [0.3, 0.4) is 0 Å². The molecule has 124 valence electrons. The third-order valence-electron chi connectivity index (χ3n) is 4.37. The van der Waals surface area contributed by atoms with Crippen LogP contribution in [0.4, 0.5) is 4.39 Å². The van der Waals surface area contributed by atoms with E-state index in [1.165, 1.54) is 11.1 Å². The summed E-state index contributed by atoms with van der Waals surface area (Å²) in [6.45, 7) is 3.95. The first kappa shape index (κ1) is 18.5. The van der Waals surface area contributed by atoms with E-state index in [-0.39, 0.29) is 18.2 Å². The molecule has 0 saturated carbocycles. The Hall–Kier alpha value is -0.800. The second-order valence-electron chi connectivity index (χ2n) is 5.95. The molecular weight excluding hydrogens is 356 g/mol. The van der Waals surface area contributed by atoms with Crippen LogP contribution in [0, 0.1) is 5.82 Å². The van der Waals surface area contributed by atoms with E-state index in [0.717, 1.165) is 31.5 Å². The molecular formula is C18H19Cl3FN. The predicted molar refractivity (Wildman–Crippen MR) is 97.1 cm³/mol. The Bertz CT molecular complexity index is 690. The maximum Gasteiger partial charge on any atom is 0.123 e. The van der Waals surface area contributed by atoms with Crippen molar-refractivity contribution in [2.75, 3.05) is 0 Å². The molecule has 2 aromatic carbocycles. The molecule has 1 atom stereocenters. The Balaban J connectivity index is 0.00000192. The van der Waals surface area contributed by atoms with E-state index < -0.39 is 0 Å². The summed E-state index contributed by atoms with van der Waals surface area (Å²) < 4.78 is 13.3. The minimum atomic E-state index is -0.149. The van der Waals surface area contributed by atoms with Crippen molar-refractivity contribution in [3.63, 3.8) is 0 Å². The van der Waals surface area contributed by atoms with Gasteiger partial charge in [0, 0.05) is 19.1 Å². The third-order valence-corrected chi connectivity index (χ3v) is 5.11. The molecule has 0 N–H and O–H groups in total. The van der Waals surface area contributed by atoms with E-state index in [2.05, 4.69) is 11.8 Å². The van der Waals surface area contributed by atoms with Crippen molar-refractivity contribution in [3.05, 3.63) is 69.0 Å². The van der Waals surface area contributed by atoms with Gasteiger partial charge < -0.3 is 0 Å². The van der Waals surface area contributed by atoms with Crippen LogP contribution in [0.1, 0.15) is 30.0 Å². The lowest BCUT2D eigenvalue weighted by Crippen LogP contribution is -2.28. The molecule has 1 aliphatic heterocycles. The maximum absolute atomic E-state index is 13.3. The molecule has 0 amide bonds. The van der Waals surface area contributed by atoms with Gasteiger partial charge in [0.1, 0.15) is 5.82 Å². The van der Waals surface area contributed by atoms with Crippen LogP contribution >= 0.6 is 35.6 Å². The standard InChI is InChI=1S/C18H18Cl2FN.ClH/c1-12(2-3-13-4-7-17(19)18(20)8-13)22-10-14-5-6-16(21)9-15(14)11-22;/h4-9,12H,2-3,10-11H2,1H3;1H/t12-;/m1./s1. The SMILES string of the molecule is C[C@H](CCc1ccc(Cl)c(Cl)c1)N1Cc2ccc(F)cc2C1.Cl. The second-order valence-corrected chi connectivity index (χ2v) is 6.77. The largest absolute Gasteiger partial charge is 0.292 e. The highest BCUT2D eigenvalue weighted by Gasteiger charge is 2.23. The van der Waals surface area contributed by atoms with Crippen LogP contribution < -0.4 is 0 Å². The molecule has 0 aliphatic carbocycles. The van der Waals surface area contributed by atoms with Crippen molar-refractivity contribution in [3.8, 4) is 0 Å². The Morgan fingerprint density at radius 2 is 1.78 bits per heavy atom. The van der Waals surface area contributed by atoms with Gasteiger partial charge in [-0.1, -0.05) is 35.3 Å². The monoisotopic (exact) mass is 373 g/mol. The first-order chi connectivity index (χ1) is 10.5. The minimum absolute atomic E-state index is 0. The van der Waals surface area contributed by atoms with E-state index >= 15 is 0 Å². The molecule has 0 unspecified atom stereocenters. The van der Waals surface area contributed by atoms with Gasteiger partial charge in [-0.2, -0.15) is 0 Å². The fourth-order valence-corrected chi connectivity index (χ4v) is 3.28.